The SMILES string of the molecule is O=C(CNCc1c[nH]c2ncccc12)N1CCCC1. The first-order valence-corrected chi connectivity index (χ1v) is 6.74. The van der Waals surface area contributed by atoms with Gasteiger partial charge in [0.1, 0.15) is 5.65 Å². The van der Waals surface area contributed by atoms with Crippen LogP contribution < -0.4 is 5.32 Å². The van der Waals surface area contributed by atoms with Crippen LogP contribution in [0.5, 0.6) is 0 Å². The fourth-order valence-corrected chi connectivity index (χ4v) is 2.54. The van der Waals surface area contributed by atoms with E-state index in [2.05, 4.69) is 15.3 Å². The van der Waals surface area contributed by atoms with Crippen molar-refractivity contribution >= 4 is 16.9 Å². The molecule has 2 N–H and O–H groups in total. The molecule has 19 heavy (non-hydrogen) atoms. The molecule has 3 rings (SSSR count). The highest BCUT2D eigenvalue weighted by Gasteiger charge is 2.17. The lowest BCUT2D eigenvalue weighted by Crippen LogP contribution is -2.35. The Morgan fingerprint density at radius 2 is 2.26 bits per heavy atom. The quantitative estimate of drug-likeness (QED) is 0.868. The second kappa shape index (κ2) is 5.40. The average molecular weight is 258 g/mol. The lowest BCUT2D eigenvalue weighted by atomic mass is 10.2. The Hall–Kier alpha value is -1.88. The summed E-state index contributed by atoms with van der Waals surface area (Å²) in [5.74, 6) is 0.204. The molecule has 1 amide bonds. The first-order valence-electron chi connectivity index (χ1n) is 6.74. The van der Waals surface area contributed by atoms with Gasteiger partial charge in [-0.1, -0.05) is 0 Å². The number of hydrogen-bond acceptors (Lipinski definition) is 3. The second-order valence-corrected chi connectivity index (χ2v) is 4.90. The maximum Gasteiger partial charge on any atom is 0.236 e. The summed E-state index contributed by atoms with van der Waals surface area (Å²) in [6.07, 6.45) is 6.00. The van der Waals surface area contributed by atoms with Gasteiger partial charge in [0.2, 0.25) is 5.91 Å². The van der Waals surface area contributed by atoms with Crippen molar-refractivity contribution in [3.63, 3.8) is 0 Å². The number of carbonyl (C=O) groups excluding carboxylic acids is 1. The third kappa shape index (κ3) is 2.61. The molecule has 0 aromatic carbocycles. The Balaban J connectivity index is 1.56. The predicted molar refractivity (Wildman–Crippen MR) is 73.6 cm³/mol. The summed E-state index contributed by atoms with van der Waals surface area (Å²) in [6, 6.07) is 3.97. The van der Waals surface area contributed by atoms with Gasteiger partial charge in [-0.25, -0.2) is 4.98 Å². The molecule has 1 fully saturated rings. The lowest BCUT2D eigenvalue weighted by Gasteiger charge is -2.15. The maximum atomic E-state index is 11.9. The summed E-state index contributed by atoms with van der Waals surface area (Å²) >= 11 is 0. The second-order valence-electron chi connectivity index (χ2n) is 4.90. The Labute approximate surface area is 112 Å². The number of pyridine rings is 1. The number of nitrogens with one attached hydrogen (secondary N) is 2. The minimum atomic E-state index is 0.204. The molecule has 0 saturated carbocycles. The summed E-state index contributed by atoms with van der Waals surface area (Å²) in [5, 5.41) is 4.33. The van der Waals surface area contributed by atoms with Gasteiger partial charge in [-0.05, 0) is 30.5 Å². The van der Waals surface area contributed by atoms with Crippen LogP contribution in [0.1, 0.15) is 18.4 Å². The van der Waals surface area contributed by atoms with Gasteiger partial charge in [0, 0.05) is 37.4 Å². The third-order valence-electron chi connectivity index (χ3n) is 3.59. The van der Waals surface area contributed by atoms with Crippen molar-refractivity contribution < 1.29 is 4.79 Å². The van der Waals surface area contributed by atoms with Gasteiger partial charge in [0.05, 0.1) is 6.54 Å². The third-order valence-corrected chi connectivity index (χ3v) is 3.59. The summed E-state index contributed by atoms with van der Waals surface area (Å²) in [7, 11) is 0. The molecule has 2 aromatic heterocycles. The van der Waals surface area contributed by atoms with Crippen molar-refractivity contribution in [2.24, 2.45) is 0 Å². The molecule has 5 nitrogen and oxygen atoms in total. The van der Waals surface area contributed by atoms with Gasteiger partial charge in [-0.3, -0.25) is 4.79 Å². The zero-order valence-electron chi connectivity index (χ0n) is 10.9. The van der Waals surface area contributed by atoms with E-state index in [-0.39, 0.29) is 5.91 Å². The number of hydrogen-bond donors (Lipinski definition) is 2. The first-order chi connectivity index (χ1) is 9.34. The average Bonchev–Trinajstić information content (AvgIpc) is 3.08. The van der Waals surface area contributed by atoms with Crippen molar-refractivity contribution in [1.29, 1.82) is 0 Å². The molecule has 100 valence electrons. The molecule has 1 aliphatic rings. The van der Waals surface area contributed by atoms with E-state index in [0.29, 0.717) is 13.1 Å². The van der Waals surface area contributed by atoms with E-state index in [4.69, 9.17) is 0 Å². The molecule has 5 heteroatoms. The van der Waals surface area contributed by atoms with E-state index in [9.17, 15) is 4.79 Å². The zero-order valence-corrected chi connectivity index (χ0v) is 10.9. The molecule has 2 aromatic rings. The molecule has 3 heterocycles. The zero-order chi connectivity index (χ0) is 13.1. The number of likely N-dealkylation sites (tertiary alicyclic amines) is 1. The van der Waals surface area contributed by atoms with Crippen molar-refractivity contribution in [2.45, 2.75) is 19.4 Å². The number of H-pyrrole nitrogens is 1. The number of aromatic nitrogens is 2. The highest BCUT2D eigenvalue weighted by atomic mass is 16.2. The molecule has 1 aliphatic heterocycles. The van der Waals surface area contributed by atoms with Gasteiger partial charge in [0.25, 0.3) is 0 Å². The molecule has 0 bridgehead atoms. The van der Waals surface area contributed by atoms with Crippen molar-refractivity contribution in [1.82, 2.24) is 20.2 Å². The molecule has 0 spiro atoms. The van der Waals surface area contributed by atoms with Gasteiger partial charge in [-0.2, -0.15) is 0 Å². The highest BCUT2D eigenvalue weighted by molar-refractivity contribution is 5.80. The van der Waals surface area contributed by atoms with E-state index in [1.165, 1.54) is 0 Å². The maximum absolute atomic E-state index is 11.9. The van der Waals surface area contributed by atoms with Crippen LogP contribution in [0.2, 0.25) is 0 Å². The molecule has 0 unspecified atom stereocenters. The molecule has 0 atom stereocenters. The first kappa shape index (κ1) is 12.2. The van der Waals surface area contributed by atoms with Crippen LogP contribution in [0.3, 0.4) is 0 Å². The molecule has 1 saturated heterocycles. The van der Waals surface area contributed by atoms with E-state index in [1.807, 2.05) is 23.2 Å². The van der Waals surface area contributed by atoms with Crippen LogP contribution in [0.25, 0.3) is 11.0 Å². The minimum absolute atomic E-state index is 0.204. The molecular weight excluding hydrogens is 240 g/mol. The Kier molecular flexibility index (Phi) is 3.46. The van der Waals surface area contributed by atoms with Crippen LogP contribution in [0, 0.1) is 0 Å². The fourth-order valence-electron chi connectivity index (χ4n) is 2.54. The van der Waals surface area contributed by atoms with Crippen molar-refractivity contribution in [3.8, 4) is 0 Å². The van der Waals surface area contributed by atoms with Crippen LogP contribution in [0.15, 0.2) is 24.5 Å². The van der Waals surface area contributed by atoms with Crippen LogP contribution in [0.4, 0.5) is 0 Å². The highest BCUT2D eigenvalue weighted by Crippen LogP contribution is 2.15. The number of rotatable bonds is 4. The van der Waals surface area contributed by atoms with Gasteiger partial charge in [-0.15, -0.1) is 0 Å². The van der Waals surface area contributed by atoms with Crippen molar-refractivity contribution in [2.75, 3.05) is 19.6 Å². The predicted octanol–water partition coefficient (Wildman–Crippen LogP) is 1.27. The smallest absolute Gasteiger partial charge is 0.236 e. The van der Waals surface area contributed by atoms with Gasteiger partial charge >= 0.3 is 0 Å². The number of amides is 1. The van der Waals surface area contributed by atoms with Gasteiger partial charge in [0.15, 0.2) is 0 Å². The summed E-state index contributed by atoms with van der Waals surface area (Å²) in [5.41, 5.74) is 2.04. The van der Waals surface area contributed by atoms with E-state index >= 15 is 0 Å². The minimum Gasteiger partial charge on any atom is -0.346 e. The van der Waals surface area contributed by atoms with Crippen LogP contribution in [-0.2, 0) is 11.3 Å². The largest absolute Gasteiger partial charge is 0.346 e. The van der Waals surface area contributed by atoms with Crippen LogP contribution >= 0.6 is 0 Å². The number of aromatic amines is 1. The van der Waals surface area contributed by atoms with E-state index in [0.717, 1.165) is 42.5 Å². The monoisotopic (exact) mass is 258 g/mol. The Morgan fingerprint density at radius 3 is 3.11 bits per heavy atom. The van der Waals surface area contributed by atoms with Crippen molar-refractivity contribution in [3.05, 3.63) is 30.1 Å². The summed E-state index contributed by atoms with van der Waals surface area (Å²) in [4.78, 5) is 21.2. The molecule has 0 aliphatic carbocycles. The van der Waals surface area contributed by atoms with Crippen LogP contribution in [-0.4, -0.2) is 40.4 Å². The number of carbonyl (C=O) groups is 1. The number of nitrogens with zero attached hydrogens (tertiary/aromatic N) is 2. The fraction of sp³-hybridized carbons (Fsp3) is 0.429. The van der Waals surface area contributed by atoms with E-state index < -0.39 is 0 Å². The standard InChI is InChI=1S/C14H18N4O/c19-13(18-6-1-2-7-18)10-15-8-11-9-17-14-12(11)4-3-5-16-14/h3-5,9,15H,1-2,6-8,10H2,(H,16,17). The molecular formula is C14H18N4O. The normalized spacial score (nSPS) is 15.3. The Bertz CT molecular complexity index is 572. The Morgan fingerprint density at radius 1 is 1.42 bits per heavy atom. The summed E-state index contributed by atoms with van der Waals surface area (Å²) in [6.45, 7) is 2.92. The topological polar surface area (TPSA) is 61.0 Å². The molecule has 0 radical (unpaired) electrons. The van der Waals surface area contributed by atoms with Gasteiger partial charge < -0.3 is 15.2 Å². The number of fused-ring (bicyclic) bond motifs is 1. The van der Waals surface area contributed by atoms with E-state index in [1.54, 1.807) is 6.20 Å². The lowest BCUT2D eigenvalue weighted by molar-refractivity contribution is -0.129. The summed E-state index contributed by atoms with van der Waals surface area (Å²) < 4.78 is 0.